The van der Waals surface area contributed by atoms with Gasteiger partial charge in [0, 0.05) is 12.0 Å². The number of nitrogens with zero attached hydrogens (tertiary/aromatic N) is 2. The van der Waals surface area contributed by atoms with Crippen molar-refractivity contribution in [2.75, 3.05) is 0 Å². The van der Waals surface area contributed by atoms with Gasteiger partial charge >= 0.3 is 0 Å². The molecule has 4 heteroatoms. The van der Waals surface area contributed by atoms with Crippen LogP contribution in [-0.4, -0.2) is 15.9 Å². The van der Waals surface area contributed by atoms with Crippen LogP contribution in [0.15, 0.2) is 28.8 Å². The molecular weight excluding hydrogens is 240 g/mol. The molecule has 0 aliphatic heterocycles. The van der Waals surface area contributed by atoms with Crippen LogP contribution in [-0.2, 0) is 11.2 Å². The van der Waals surface area contributed by atoms with Crippen molar-refractivity contribution in [3.8, 4) is 11.4 Å². The summed E-state index contributed by atoms with van der Waals surface area (Å²) in [6, 6.07) is 8.04. The highest BCUT2D eigenvalue weighted by Crippen LogP contribution is 2.21. The van der Waals surface area contributed by atoms with Gasteiger partial charge in [0.15, 0.2) is 0 Å². The minimum absolute atomic E-state index is 0.108. The van der Waals surface area contributed by atoms with E-state index < -0.39 is 0 Å². The van der Waals surface area contributed by atoms with E-state index in [2.05, 4.69) is 17.1 Å². The number of aryl methyl sites for hydroxylation is 1. The monoisotopic (exact) mass is 258 g/mol. The molecule has 1 aromatic carbocycles. The molecule has 2 aromatic rings. The molecule has 0 saturated carbocycles. The first-order chi connectivity index (χ1) is 9.15. The molecule has 2 rings (SSSR count). The van der Waals surface area contributed by atoms with Crippen molar-refractivity contribution in [3.05, 3.63) is 35.7 Å². The van der Waals surface area contributed by atoms with Crippen LogP contribution in [0.3, 0.4) is 0 Å². The standard InChI is InChI=1S/C15H18N2O2/c1-4-11-6-8-12(9-7-11)14-16-15(19-17-14)10(3)13(18)5-2/h6-10H,4-5H2,1-3H3. The van der Waals surface area contributed by atoms with Crippen LogP contribution >= 0.6 is 0 Å². The summed E-state index contributed by atoms with van der Waals surface area (Å²) in [5.74, 6) is 0.701. The first-order valence-corrected chi connectivity index (χ1v) is 6.61. The summed E-state index contributed by atoms with van der Waals surface area (Å²) in [7, 11) is 0. The first kappa shape index (κ1) is 13.5. The van der Waals surface area contributed by atoms with Crippen molar-refractivity contribution in [1.82, 2.24) is 10.1 Å². The van der Waals surface area contributed by atoms with Crippen LogP contribution in [0.2, 0.25) is 0 Å². The van der Waals surface area contributed by atoms with Crippen molar-refractivity contribution in [2.24, 2.45) is 0 Å². The molecule has 0 aliphatic rings. The lowest BCUT2D eigenvalue weighted by Gasteiger charge is -2.01. The molecular formula is C15H18N2O2. The highest BCUT2D eigenvalue weighted by atomic mass is 16.5. The zero-order chi connectivity index (χ0) is 13.8. The number of Topliss-reactive ketones (excluding diaryl/α,β-unsaturated/α-hetero) is 1. The van der Waals surface area contributed by atoms with E-state index in [0.717, 1.165) is 12.0 Å². The van der Waals surface area contributed by atoms with Crippen molar-refractivity contribution >= 4 is 5.78 Å². The van der Waals surface area contributed by atoms with E-state index in [9.17, 15) is 4.79 Å². The predicted molar refractivity (Wildman–Crippen MR) is 72.8 cm³/mol. The van der Waals surface area contributed by atoms with Gasteiger partial charge in [-0.2, -0.15) is 4.98 Å². The van der Waals surface area contributed by atoms with E-state index >= 15 is 0 Å². The lowest BCUT2D eigenvalue weighted by atomic mass is 10.1. The quantitative estimate of drug-likeness (QED) is 0.825. The summed E-state index contributed by atoms with van der Waals surface area (Å²) < 4.78 is 5.18. The molecule has 1 unspecified atom stereocenters. The van der Waals surface area contributed by atoms with Gasteiger partial charge < -0.3 is 4.52 Å². The first-order valence-electron chi connectivity index (χ1n) is 6.61. The number of hydrogen-bond donors (Lipinski definition) is 0. The van der Waals surface area contributed by atoms with Crippen molar-refractivity contribution in [1.29, 1.82) is 0 Å². The van der Waals surface area contributed by atoms with E-state index in [1.165, 1.54) is 5.56 Å². The van der Waals surface area contributed by atoms with Gasteiger partial charge in [-0.25, -0.2) is 0 Å². The Hall–Kier alpha value is -1.97. The second-order valence-electron chi connectivity index (χ2n) is 4.55. The van der Waals surface area contributed by atoms with Gasteiger partial charge in [0.25, 0.3) is 0 Å². The van der Waals surface area contributed by atoms with Gasteiger partial charge in [-0.15, -0.1) is 0 Å². The van der Waals surface area contributed by atoms with Gasteiger partial charge in [0.1, 0.15) is 5.78 Å². The average Bonchev–Trinajstić information content (AvgIpc) is 2.95. The minimum atomic E-state index is -0.332. The Morgan fingerprint density at radius 2 is 1.95 bits per heavy atom. The fourth-order valence-electron chi connectivity index (χ4n) is 1.86. The van der Waals surface area contributed by atoms with Crippen molar-refractivity contribution in [3.63, 3.8) is 0 Å². The number of carbonyl (C=O) groups excluding carboxylic acids is 1. The van der Waals surface area contributed by atoms with Crippen LogP contribution in [0.25, 0.3) is 11.4 Å². The molecule has 1 atom stereocenters. The number of benzene rings is 1. The Bertz CT molecular complexity index is 558. The maximum atomic E-state index is 11.6. The Balaban J connectivity index is 2.22. The normalized spacial score (nSPS) is 12.4. The Labute approximate surface area is 112 Å². The fourth-order valence-corrected chi connectivity index (χ4v) is 1.86. The highest BCUT2D eigenvalue weighted by molar-refractivity contribution is 5.84. The largest absolute Gasteiger partial charge is 0.338 e. The van der Waals surface area contributed by atoms with Gasteiger partial charge in [-0.1, -0.05) is 43.3 Å². The highest BCUT2D eigenvalue weighted by Gasteiger charge is 2.20. The summed E-state index contributed by atoms with van der Waals surface area (Å²) in [5.41, 5.74) is 2.17. The number of rotatable bonds is 5. The third kappa shape index (κ3) is 2.89. The molecule has 0 radical (unpaired) electrons. The van der Waals surface area contributed by atoms with Crippen LogP contribution in [0.5, 0.6) is 0 Å². The molecule has 0 bridgehead atoms. The smallest absolute Gasteiger partial charge is 0.237 e. The van der Waals surface area contributed by atoms with E-state index in [0.29, 0.717) is 18.1 Å². The molecule has 19 heavy (non-hydrogen) atoms. The number of carbonyl (C=O) groups is 1. The molecule has 0 N–H and O–H groups in total. The Morgan fingerprint density at radius 3 is 2.53 bits per heavy atom. The lowest BCUT2D eigenvalue weighted by Crippen LogP contribution is -2.07. The molecule has 0 spiro atoms. The Morgan fingerprint density at radius 1 is 1.26 bits per heavy atom. The summed E-state index contributed by atoms with van der Waals surface area (Å²) in [4.78, 5) is 15.9. The SMILES string of the molecule is CCC(=O)C(C)c1nc(-c2ccc(CC)cc2)no1. The van der Waals surface area contributed by atoms with E-state index in [1.54, 1.807) is 6.92 Å². The second-order valence-corrected chi connectivity index (χ2v) is 4.55. The molecule has 0 fully saturated rings. The molecule has 1 aromatic heterocycles. The van der Waals surface area contributed by atoms with Crippen LogP contribution < -0.4 is 0 Å². The van der Waals surface area contributed by atoms with Gasteiger partial charge in [-0.3, -0.25) is 4.79 Å². The molecule has 0 saturated heterocycles. The zero-order valence-electron chi connectivity index (χ0n) is 11.5. The summed E-state index contributed by atoms with van der Waals surface area (Å²) in [6.07, 6.45) is 1.48. The maximum Gasteiger partial charge on any atom is 0.237 e. The minimum Gasteiger partial charge on any atom is -0.338 e. The third-order valence-corrected chi connectivity index (χ3v) is 3.26. The fraction of sp³-hybridized carbons (Fsp3) is 0.400. The summed E-state index contributed by atoms with van der Waals surface area (Å²) >= 11 is 0. The van der Waals surface area contributed by atoms with Crippen LogP contribution in [0.4, 0.5) is 0 Å². The molecule has 0 amide bonds. The molecule has 1 heterocycles. The third-order valence-electron chi connectivity index (χ3n) is 3.26. The van der Waals surface area contributed by atoms with Crippen molar-refractivity contribution in [2.45, 2.75) is 39.5 Å². The summed E-state index contributed by atoms with van der Waals surface area (Å²) in [5, 5.41) is 3.94. The Kier molecular flexibility index (Phi) is 4.10. The van der Waals surface area contributed by atoms with Gasteiger partial charge in [0.05, 0.1) is 5.92 Å². The summed E-state index contributed by atoms with van der Waals surface area (Å²) in [6.45, 7) is 5.74. The molecule has 0 aliphatic carbocycles. The average molecular weight is 258 g/mol. The van der Waals surface area contributed by atoms with Gasteiger partial charge in [0.2, 0.25) is 11.7 Å². The zero-order valence-corrected chi connectivity index (χ0v) is 11.5. The lowest BCUT2D eigenvalue weighted by molar-refractivity contribution is -0.120. The maximum absolute atomic E-state index is 11.6. The molecule has 4 nitrogen and oxygen atoms in total. The van der Waals surface area contributed by atoms with E-state index in [4.69, 9.17) is 4.52 Å². The number of aromatic nitrogens is 2. The number of ketones is 1. The predicted octanol–water partition coefficient (Wildman–Crippen LogP) is 3.38. The van der Waals surface area contributed by atoms with E-state index in [1.807, 2.05) is 31.2 Å². The molecule has 100 valence electrons. The van der Waals surface area contributed by atoms with Crippen molar-refractivity contribution < 1.29 is 9.32 Å². The topological polar surface area (TPSA) is 56.0 Å². The van der Waals surface area contributed by atoms with E-state index in [-0.39, 0.29) is 11.7 Å². The number of hydrogen-bond acceptors (Lipinski definition) is 4. The van der Waals surface area contributed by atoms with Gasteiger partial charge in [-0.05, 0) is 18.9 Å². The second kappa shape index (κ2) is 5.78. The van der Waals surface area contributed by atoms with Crippen LogP contribution in [0.1, 0.15) is 44.6 Å². The van der Waals surface area contributed by atoms with Crippen LogP contribution in [0, 0.1) is 0 Å².